The number of hydrogen-bond acceptors (Lipinski definition) is 9. The van der Waals surface area contributed by atoms with Gasteiger partial charge in [0.15, 0.2) is 18.5 Å². The van der Waals surface area contributed by atoms with Crippen molar-refractivity contribution >= 4 is 17.9 Å². The van der Waals surface area contributed by atoms with Crippen LogP contribution in [0.15, 0.2) is 0 Å². The molecule has 2 aliphatic rings. The molecule has 0 bridgehead atoms. The fraction of sp³-hybridized carbons (Fsp3) is 0.812. The Morgan fingerprint density at radius 3 is 1.85 bits per heavy atom. The first-order valence-electron chi connectivity index (χ1n) is 8.57. The van der Waals surface area contributed by atoms with E-state index in [4.69, 9.17) is 34.3 Å². The molecule has 26 heavy (non-hydrogen) atoms. The smallest absolute Gasteiger partial charge is 0.306 e. The van der Waals surface area contributed by atoms with Gasteiger partial charge in [0, 0.05) is 19.3 Å². The maximum Gasteiger partial charge on any atom is 0.306 e. The second kappa shape index (κ2) is 9.81. The van der Waals surface area contributed by atoms with Gasteiger partial charge in [0.25, 0.3) is 0 Å². The highest BCUT2D eigenvalue weighted by Gasteiger charge is 2.51. The first kappa shape index (κ1) is 20.6. The summed E-state index contributed by atoms with van der Waals surface area (Å²) in [5.41, 5.74) is 0. The molecule has 0 saturated carbocycles. The quantitative estimate of drug-likeness (QED) is 0.331. The summed E-state index contributed by atoms with van der Waals surface area (Å²) in [5, 5.41) is 26.1. The number of aliphatic hydroxyl groups excluding tert-OH is 1. The van der Waals surface area contributed by atoms with Crippen LogP contribution in [0.25, 0.3) is 0 Å². The predicted molar refractivity (Wildman–Crippen MR) is 82.8 cm³/mol. The first-order chi connectivity index (χ1) is 12.4. The third kappa shape index (κ3) is 6.20. The zero-order chi connectivity index (χ0) is 19.1. The Bertz CT molecular complexity index is 505. The molecule has 0 aromatic heterocycles. The highest BCUT2D eigenvalue weighted by molar-refractivity contribution is 5.71. The van der Waals surface area contributed by atoms with E-state index in [0.717, 1.165) is 0 Å². The molecular weight excluding hydrogens is 352 g/mol. The van der Waals surface area contributed by atoms with Crippen LogP contribution in [0, 0.1) is 0 Å². The fourth-order valence-electron chi connectivity index (χ4n) is 2.90. The van der Waals surface area contributed by atoms with Gasteiger partial charge in [-0.2, -0.15) is 0 Å². The number of carboxylic acids is 1. The maximum absolute atomic E-state index is 11.8. The minimum Gasteiger partial charge on any atom is -0.481 e. The fourth-order valence-corrected chi connectivity index (χ4v) is 2.90. The van der Waals surface area contributed by atoms with Gasteiger partial charge in [-0.15, -0.1) is 0 Å². The SMILES string of the molecule is O=C(O)CCCC(=O)O[C@H]1CO[C@H]2[C@@H]1OC[C@H]2OC(=O)CCCC(O)O. The van der Waals surface area contributed by atoms with Crippen LogP contribution in [-0.2, 0) is 33.3 Å². The normalized spacial score (nSPS) is 27.3. The molecule has 4 atom stereocenters. The monoisotopic (exact) mass is 376 g/mol. The third-order valence-electron chi connectivity index (χ3n) is 4.14. The highest BCUT2D eigenvalue weighted by Crippen LogP contribution is 2.31. The Morgan fingerprint density at radius 2 is 1.38 bits per heavy atom. The van der Waals surface area contributed by atoms with Gasteiger partial charge in [-0.05, 0) is 19.3 Å². The Morgan fingerprint density at radius 1 is 0.885 bits per heavy atom. The van der Waals surface area contributed by atoms with E-state index in [1.54, 1.807) is 0 Å². The minimum absolute atomic E-state index is 0.00465. The highest BCUT2D eigenvalue weighted by atomic mass is 16.7. The van der Waals surface area contributed by atoms with Crippen molar-refractivity contribution in [3.8, 4) is 0 Å². The van der Waals surface area contributed by atoms with Gasteiger partial charge < -0.3 is 34.3 Å². The number of fused-ring (bicyclic) bond motifs is 1. The summed E-state index contributed by atoms with van der Waals surface area (Å²) >= 11 is 0. The van der Waals surface area contributed by atoms with Crippen LogP contribution in [-0.4, -0.2) is 77.1 Å². The first-order valence-corrected chi connectivity index (χ1v) is 8.57. The number of aliphatic hydroxyl groups is 2. The molecule has 2 aliphatic heterocycles. The van der Waals surface area contributed by atoms with Crippen LogP contribution in [0.2, 0.25) is 0 Å². The van der Waals surface area contributed by atoms with Crippen LogP contribution in [0.1, 0.15) is 38.5 Å². The summed E-state index contributed by atoms with van der Waals surface area (Å²) < 4.78 is 21.6. The van der Waals surface area contributed by atoms with Gasteiger partial charge in [-0.25, -0.2) is 0 Å². The molecule has 10 heteroatoms. The molecule has 148 valence electrons. The lowest BCUT2D eigenvalue weighted by Crippen LogP contribution is -2.36. The van der Waals surface area contributed by atoms with Crippen molar-refractivity contribution < 1.29 is 48.7 Å². The van der Waals surface area contributed by atoms with Crippen molar-refractivity contribution in [2.75, 3.05) is 13.2 Å². The topological polar surface area (TPSA) is 149 Å². The summed E-state index contributed by atoms with van der Waals surface area (Å²) in [4.78, 5) is 34.0. The van der Waals surface area contributed by atoms with E-state index < -0.39 is 48.6 Å². The number of esters is 2. The standard InChI is InChI=1S/C16H24O10/c17-11(18)3-1-5-13(21)25-9-7-23-16-10(8-24-15(9)16)26-14(22)6-2-4-12(19)20/h9-11,15-18H,1-8H2,(H,19,20)/t9-,10+,15-,16-/m1/s1. The van der Waals surface area contributed by atoms with Gasteiger partial charge >= 0.3 is 17.9 Å². The van der Waals surface area contributed by atoms with E-state index in [2.05, 4.69) is 0 Å². The molecule has 3 N–H and O–H groups in total. The molecule has 2 fully saturated rings. The Hall–Kier alpha value is -1.75. The molecular formula is C16H24O10. The van der Waals surface area contributed by atoms with Gasteiger partial charge in [0.1, 0.15) is 12.2 Å². The zero-order valence-electron chi connectivity index (χ0n) is 14.2. The summed E-state index contributed by atoms with van der Waals surface area (Å²) in [6.45, 7) is 0.238. The largest absolute Gasteiger partial charge is 0.481 e. The molecule has 0 unspecified atom stereocenters. The van der Waals surface area contributed by atoms with Gasteiger partial charge in [0.2, 0.25) is 0 Å². The summed E-state index contributed by atoms with van der Waals surface area (Å²) in [6, 6.07) is 0. The molecule has 0 aromatic rings. The Balaban J connectivity index is 1.72. The Kier molecular flexibility index (Phi) is 7.76. The number of carbonyl (C=O) groups excluding carboxylic acids is 2. The summed E-state index contributed by atoms with van der Waals surface area (Å²) in [7, 11) is 0. The molecule has 2 saturated heterocycles. The van der Waals surface area contributed by atoms with Crippen LogP contribution in [0.3, 0.4) is 0 Å². The van der Waals surface area contributed by atoms with E-state index in [9.17, 15) is 14.4 Å². The second-order valence-corrected chi connectivity index (χ2v) is 6.27. The predicted octanol–water partition coefficient (Wildman–Crippen LogP) is -0.656. The molecule has 0 amide bonds. The van der Waals surface area contributed by atoms with Crippen molar-refractivity contribution in [1.82, 2.24) is 0 Å². The van der Waals surface area contributed by atoms with Crippen LogP contribution < -0.4 is 0 Å². The number of carbonyl (C=O) groups is 3. The summed E-state index contributed by atoms with van der Waals surface area (Å²) in [5.74, 6) is -1.98. The average molecular weight is 376 g/mol. The Labute approximate surface area is 150 Å². The van der Waals surface area contributed by atoms with Gasteiger partial charge in [0.05, 0.1) is 13.2 Å². The average Bonchev–Trinajstić information content (AvgIpc) is 3.10. The second-order valence-electron chi connectivity index (χ2n) is 6.27. The molecule has 0 aliphatic carbocycles. The van der Waals surface area contributed by atoms with Gasteiger partial charge in [-0.1, -0.05) is 0 Å². The van der Waals surface area contributed by atoms with E-state index in [0.29, 0.717) is 0 Å². The van der Waals surface area contributed by atoms with E-state index >= 15 is 0 Å². The minimum atomic E-state index is -1.45. The lowest BCUT2D eigenvalue weighted by molar-refractivity contribution is -0.155. The number of carboxylic acid groups (broad SMARTS) is 1. The van der Waals surface area contributed by atoms with Crippen LogP contribution in [0.5, 0.6) is 0 Å². The number of aliphatic carboxylic acids is 1. The molecule has 10 nitrogen and oxygen atoms in total. The van der Waals surface area contributed by atoms with Crippen LogP contribution >= 0.6 is 0 Å². The number of rotatable bonds is 10. The van der Waals surface area contributed by atoms with Crippen molar-refractivity contribution in [3.05, 3.63) is 0 Å². The van der Waals surface area contributed by atoms with Crippen molar-refractivity contribution in [1.29, 1.82) is 0 Å². The third-order valence-corrected chi connectivity index (χ3v) is 4.14. The molecule has 0 radical (unpaired) electrons. The molecule has 0 spiro atoms. The summed E-state index contributed by atoms with van der Waals surface area (Å²) in [6.07, 6.45) is -3.24. The molecule has 2 heterocycles. The van der Waals surface area contributed by atoms with E-state index in [-0.39, 0.29) is 51.7 Å². The zero-order valence-corrected chi connectivity index (χ0v) is 14.2. The van der Waals surface area contributed by atoms with Crippen molar-refractivity contribution in [3.63, 3.8) is 0 Å². The van der Waals surface area contributed by atoms with Gasteiger partial charge in [-0.3, -0.25) is 14.4 Å². The molecule has 2 rings (SSSR count). The van der Waals surface area contributed by atoms with E-state index in [1.165, 1.54) is 0 Å². The van der Waals surface area contributed by atoms with Crippen LogP contribution in [0.4, 0.5) is 0 Å². The molecule has 0 aromatic carbocycles. The lowest BCUT2D eigenvalue weighted by atomic mass is 10.1. The number of ether oxygens (including phenoxy) is 4. The number of hydrogen-bond donors (Lipinski definition) is 3. The van der Waals surface area contributed by atoms with Crippen molar-refractivity contribution in [2.45, 2.75) is 69.2 Å². The van der Waals surface area contributed by atoms with Crippen molar-refractivity contribution in [2.24, 2.45) is 0 Å². The van der Waals surface area contributed by atoms with E-state index in [1.807, 2.05) is 0 Å². The maximum atomic E-state index is 11.8. The lowest BCUT2D eigenvalue weighted by Gasteiger charge is -2.17.